The minimum Gasteiger partial charge on any atom is -0.488 e. The zero-order valence-electron chi connectivity index (χ0n) is 16.2. The topological polar surface area (TPSA) is 62.1 Å². The fourth-order valence-electron chi connectivity index (χ4n) is 2.78. The number of para-hydroxylation sites is 2. The van der Waals surface area contributed by atoms with Gasteiger partial charge in [0.15, 0.2) is 0 Å². The largest absolute Gasteiger partial charge is 0.488 e. The molecule has 1 amide bonds. The third-order valence-corrected chi connectivity index (χ3v) is 5.07. The molecule has 0 saturated carbocycles. The predicted octanol–water partition coefficient (Wildman–Crippen LogP) is 6.43. The van der Waals surface area contributed by atoms with Gasteiger partial charge in [0.1, 0.15) is 24.0 Å². The number of hydrogen-bond acceptors (Lipinski definition) is 3. The number of aryl methyl sites for hydroxylation is 1. The summed E-state index contributed by atoms with van der Waals surface area (Å²) in [6, 6.07) is 21.8. The highest BCUT2D eigenvalue weighted by atomic mass is 35.5. The summed E-state index contributed by atoms with van der Waals surface area (Å²) in [6.45, 7) is 2.09. The SMILES string of the molecule is Cc1cccc(Cl)c1NC(=O)/C(C#N)=C/c1ccccc1OCc1ccccc1Cl. The quantitative estimate of drug-likeness (QED) is 0.357. The molecule has 0 unspecified atom stereocenters. The maximum absolute atomic E-state index is 12.7. The highest BCUT2D eigenvalue weighted by Gasteiger charge is 2.14. The van der Waals surface area contributed by atoms with Gasteiger partial charge in [-0.25, -0.2) is 0 Å². The molecule has 1 N–H and O–H groups in total. The van der Waals surface area contributed by atoms with Crippen LogP contribution in [0, 0.1) is 18.3 Å². The first-order valence-corrected chi connectivity index (χ1v) is 9.88. The first kappa shape index (κ1) is 21.4. The second-order valence-corrected chi connectivity index (χ2v) is 7.29. The Morgan fingerprint density at radius 3 is 2.47 bits per heavy atom. The fraction of sp³-hybridized carbons (Fsp3) is 0.0833. The molecule has 0 radical (unpaired) electrons. The van der Waals surface area contributed by atoms with Crippen molar-refractivity contribution in [2.45, 2.75) is 13.5 Å². The van der Waals surface area contributed by atoms with Crippen molar-refractivity contribution in [3.8, 4) is 11.8 Å². The summed E-state index contributed by atoms with van der Waals surface area (Å²) in [5, 5.41) is 13.3. The molecule has 6 heteroatoms. The van der Waals surface area contributed by atoms with Gasteiger partial charge in [0.2, 0.25) is 0 Å². The van der Waals surface area contributed by atoms with Crippen molar-refractivity contribution in [3.05, 3.63) is 99.0 Å². The first-order valence-electron chi connectivity index (χ1n) is 9.13. The number of nitrogens with zero attached hydrogens (tertiary/aromatic N) is 1. The van der Waals surface area contributed by atoms with Gasteiger partial charge in [-0.3, -0.25) is 4.79 Å². The van der Waals surface area contributed by atoms with Crippen molar-refractivity contribution < 1.29 is 9.53 Å². The van der Waals surface area contributed by atoms with Gasteiger partial charge < -0.3 is 10.1 Å². The number of carbonyl (C=O) groups is 1. The van der Waals surface area contributed by atoms with Gasteiger partial charge in [-0.1, -0.05) is 71.7 Å². The number of hydrogen-bond donors (Lipinski definition) is 1. The summed E-state index contributed by atoms with van der Waals surface area (Å²) in [6.07, 6.45) is 1.49. The van der Waals surface area contributed by atoms with Crippen LogP contribution in [0.25, 0.3) is 6.08 Å². The van der Waals surface area contributed by atoms with E-state index < -0.39 is 5.91 Å². The lowest BCUT2D eigenvalue weighted by Crippen LogP contribution is -2.14. The second-order valence-electron chi connectivity index (χ2n) is 6.47. The molecule has 150 valence electrons. The number of benzene rings is 3. The second kappa shape index (κ2) is 9.98. The van der Waals surface area contributed by atoms with Gasteiger partial charge in [0.05, 0.1) is 10.7 Å². The molecule has 0 fully saturated rings. The van der Waals surface area contributed by atoms with Gasteiger partial charge >= 0.3 is 0 Å². The monoisotopic (exact) mass is 436 g/mol. The van der Waals surface area contributed by atoms with Gasteiger partial charge in [-0.15, -0.1) is 0 Å². The van der Waals surface area contributed by atoms with E-state index in [-0.39, 0.29) is 12.2 Å². The van der Waals surface area contributed by atoms with Crippen LogP contribution < -0.4 is 10.1 Å². The number of halogens is 2. The lowest BCUT2D eigenvalue weighted by molar-refractivity contribution is -0.112. The number of nitriles is 1. The Hall–Kier alpha value is -3.26. The van der Waals surface area contributed by atoms with E-state index in [9.17, 15) is 10.1 Å². The van der Waals surface area contributed by atoms with E-state index in [1.54, 1.807) is 36.4 Å². The smallest absolute Gasteiger partial charge is 0.266 e. The molecule has 0 heterocycles. The third-order valence-electron chi connectivity index (χ3n) is 4.39. The van der Waals surface area contributed by atoms with Crippen LogP contribution in [0.3, 0.4) is 0 Å². The number of anilines is 1. The van der Waals surface area contributed by atoms with Gasteiger partial charge in [0.25, 0.3) is 5.91 Å². The highest BCUT2D eigenvalue weighted by molar-refractivity contribution is 6.34. The number of ether oxygens (including phenoxy) is 1. The molecule has 0 saturated heterocycles. The Kier molecular flexibility index (Phi) is 7.13. The van der Waals surface area contributed by atoms with Crippen LogP contribution in [0.4, 0.5) is 5.69 Å². The maximum atomic E-state index is 12.7. The Labute approximate surface area is 185 Å². The average Bonchev–Trinajstić information content (AvgIpc) is 2.74. The Balaban J connectivity index is 1.83. The van der Waals surface area contributed by atoms with Crippen LogP contribution in [0.5, 0.6) is 5.75 Å². The predicted molar refractivity (Wildman–Crippen MR) is 121 cm³/mol. The highest BCUT2D eigenvalue weighted by Crippen LogP contribution is 2.27. The van der Waals surface area contributed by atoms with Crippen LogP contribution in [-0.4, -0.2) is 5.91 Å². The lowest BCUT2D eigenvalue weighted by Gasteiger charge is -2.12. The van der Waals surface area contributed by atoms with Crippen LogP contribution in [0.2, 0.25) is 10.0 Å². The number of nitrogens with one attached hydrogen (secondary N) is 1. The van der Waals surface area contributed by atoms with Crippen molar-refractivity contribution in [1.29, 1.82) is 5.26 Å². The molecule has 0 bridgehead atoms. The third kappa shape index (κ3) is 5.21. The van der Waals surface area contributed by atoms with Crippen LogP contribution in [-0.2, 0) is 11.4 Å². The molecule has 30 heavy (non-hydrogen) atoms. The summed E-state index contributed by atoms with van der Waals surface area (Å²) in [4.78, 5) is 12.7. The van der Waals surface area contributed by atoms with Gasteiger partial charge in [-0.05, 0) is 36.8 Å². The number of rotatable bonds is 6. The van der Waals surface area contributed by atoms with E-state index in [0.717, 1.165) is 11.1 Å². The molecule has 3 aromatic rings. The summed E-state index contributed by atoms with van der Waals surface area (Å²) in [5.41, 5.74) is 2.66. The normalized spacial score (nSPS) is 10.9. The summed E-state index contributed by atoms with van der Waals surface area (Å²) in [7, 11) is 0. The Morgan fingerprint density at radius 1 is 1.03 bits per heavy atom. The average molecular weight is 437 g/mol. The van der Waals surface area contributed by atoms with Crippen LogP contribution >= 0.6 is 23.2 Å². The van der Waals surface area contributed by atoms with Crippen LogP contribution in [0.1, 0.15) is 16.7 Å². The molecule has 0 spiro atoms. The van der Waals surface area contributed by atoms with E-state index in [4.69, 9.17) is 27.9 Å². The molecule has 3 aromatic carbocycles. The summed E-state index contributed by atoms with van der Waals surface area (Å²) >= 11 is 12.4. The van der Waals surface area contributed by atoms with Crippen LogP contribution in [0.15, 0.2) is 72.3 Å². The Morgan fingerprint density at radius 2 is 1.73 bits per heavy atom. The lowest BCUT2D eigenvalue weighted by atomic mass is 10.1. The summed E-state index contributed by atoms with van der Waals surface area (Å²) in [5.74, 6) is -0.0125. The van der Waals surface area contributed by atoms with E-state index >= 15 is 0 Å². The van der Waals surface area contributed by atoms with E-state index in [1.807, 2.05) is 43.3 Å². The van der Waals surface area contributed by atoms with Crippen molar-refractivity contribution in [1.82, 2.24) is 0 Å². The molecular weight excluding hydrogens is 419 g/mol. The van der Waals surface area contributed by atoms with Crippen molar-refractivity contribution in [2.24, 2.45) is 0 Å². The molecule has 0 aliphatic heterocycles. The van der Waals surface area contributed by atoms with Crippen molar-refractivity contribution >= 4 is 40.9 Å². The molecule has 3 rings (SSSR count). The molecular formula is C24H18Cl2N2O2. The Bertz CT molecular complexity index is 1130. The molecule has 0 aliphatic rings. The standard InChI is InChI=1S/C24H18Cl2N2O2/c1-16-7-6-11-21(26)23(16)28-24(29)19(14-27)13-17-8-3-5-12-22(17)30-15-18-9-2-4-10-20(18)25/h2-13H,15H2,1H3,(H,28,29)/b19-13+. The van der Waals surface area contributed by atoms with Crippen molar-refractivity contribution in [3.63, 3.8) is 0 Å². The van der Waals surface area contributed by atoms with Crippen molar-refractivity contribution in [2.75, 3.05) is 5.32 Å². The number of amides is 1. The minimum absolute atomic E-state index is 0.0666. The zero-order chi connectivity index (χ0) is 21.5. The van der Waals surface area contributed by atoms with E-state index in [0.29, 0.717) is 27.0 Å². The van der Waals surface area contributed by atoms with E-state index in [2.05, 4.69) is 5.32 Å². The molecule has 0 aromatic heterocycles. The molecule has 0 aliphatic carbocycles. The summed E-state index contributed by atoms with van der Waals surface area (Å²) < 4.78 is 5.89. The first-order chi connectivity index (χ1) is 14.5. The molecule has 0 atom stereocenters. The zero-order valence-corrected chi connectivity index (χ0v) is 17.7. The number of carbonyl (C=O) groups excluding carboxylic acids is 1. The maximum Gasteiger partial charge on any atom is 0.266 e. The molecule has 4 nitrogen and oxygen atoms in total. The minimum atomic E-state index is -0.547. The van der Waals surface area contributed by atoms with Gasteiger partial charge in [-0.2, -0.15) is 5.26 Å². The van der Waals surface area contributed by atoms with E-state index in [1.165, 1.54) is 6.08 Å². The van der Waals surface area contributed by atoms with Gasteiger partial charge in [0, 0.05) is 16.1 Å². The fourth-order valence-corrected chi connectivity index (χ4v) is 3.24.